The van der Waals surface area contributed by atoms with Crippen molar-refractivity contribution < 1.29 is 18.0 Å². The first kappa shape index (κ1) is 7.24. The number of rotatable bonds is 0. The van der Waals surface area contributed by atoms with Gasteiger partial charge in [0.2, 0.25) is 0 Å². The van der Waals surface area contributed by atoms with Crippen LogP contribution in [-0.2, 0) is 4.79 Å². The molecule has 0 heterocycles. The molecular formula is C4H3F3O. The maximum atomic E-state index is 11.1. The molecule has 0 aliphatic rings. The molecule has 1 nitrogen and oxygen atoms in total. The van der Waals surface area contributed by atoms with Gasteiger partial charge in [-0.1, -0.05) is 0 Å². The van der Waals surface area contributed by atoms with Crippen LogP contribution in [0.4, 0.5) is 13.2 Å². The van der Waals surface area contributed by atoms with Gasteiger partial charge in [0.25, 0.3) is 0 Å². The molecule has 0 amide bonds. The van der Waals surface area contributed by atoms with Gasteiger partial charge in [-0.3, -0.25) is 0 Å². The summed E-state index contributed by atoms with van der Waals surface area (Å²) in [6.07, 6.45) is -4.50. The zero-order chi connectivity index (χ0) is 6.78. The normalized spacial score (nSPS) is 10.5. The summed E-state index contributed by atoms with van der Waals surface area (Å²) in [5.41, 5.74) is -1.22. The van der Waals surface area contributed by atoms with E-state index < -0.39 is 11.7 Å². The fourth-order valence-electron chi connectivity index (χ4n) is 0.0579. The summed E-state index contributed by atoms with van der Waals surface area (Å²) >= 11 is 0. The monoisotopic (exact) mass is 124 g/mol. The van der Waals surface area contributed by atoms with Gasteiger partial charge in [0, 0.05) is 0 Å². The Bertz CT molecular complexity index is 129. The van der Waals surface area contributed by atoms with Gasteiger partial charge in [0.15, 0.2) is 0 Å². The van der Waals surface area contributed by atoms with Gasteiger partial charge in [-0.25, -0.2) is 4.79 Å². The number of hydrogen-bond donors (Lipinski definition) is 0. The summed E-state index contributed by atoms with van der Waals surface area (Å²) in [5.74, 6) is 0.747. The van der Waals surface area contributed by atoms with E-state index in [1.165, 1.54) is 0 Å². The van der Waals surface area contributed by atoms with Crippen LogP contribution in [0.1, 0.15) is 6.92 Å². The predicted molar refractivity (Wildman–Crippen MR) is 20.9 cm³/mol. The van der Waals surface area contributed by atoms with E-state index in [2.05, 4.69) is 0 Å². The van der Waals surface area contributed by atoms with Crippen LogP contribution in [0.3, 0.4) is 0 Å². The van der Waals surface area contributed by atoms with Gasteiger partial charge < -0.3 is 0 Å². The molecule has 0 bridgehead atoms. The average Bonchev–Trinajstić information content (AvgIpc) is 1.62. The SMILES string of the molecule is CC(=C=O)C(F)(F)F. The molecule has 0 spiro atoms. The zero-order valence-electron chi connectivity index (χ0n) is 4.04. The van der Waals surface area contributed by atoms with Crippen molar-refractivity contribution in [2.24, 2.45) is 0 Å². The number of halogens is 3. The molecule has 0 atom stereocenters. The third kappa shape index (κ3) is 1.80. The minimum atomic E-state index is -4.50. The van der Waals surface area contributed by atoms with Crippen LogP contribution >= 0.6 is 0 Å². The first-order chi connectivity index (χ1) is 3.48. The fourth-order valence-corrected chi connectivity index (χ4v) is 0.0579. The lowest BCUT2D eigenvalue weighted by Crippen LogP contribution is -2.08. The number of allylic oxidation sites excluding steroid dienone is 1. The second-order valence-corrected chi connectivity index (χ2v) is 1.22. The maximum absolute atomic E-state index is 11.1. The van der Waals surface area contributed by atoms with Crippen molar-refractivity contribution in [3.63, 3.8) is 0 Å². The molecule has 0 aliphatic heterocycles. The molecule has 8 heavy (non-hydrogen) atoms. The number of alkyl halides is 3. The second-order valence-electron chi connectivity index (χ2n) is 1.22. The molecule has 0 saturated heterocycles. The van der Waals surface area contributed by atoms with Crippen LogP contribution in [0, 0.1) is 0 Å². The van der Waals surface area contributed by atoms with Crippen molar-refractivity contribution in [3.8, 4) is 0 Å². The topological polar surface area (TPSA) is 17.1 Å². The van der Waals surface area contributed by atoms with Gasteiger partial charge in [-0.15, -0.1) is 0 Å². The molecule has 0 aromatic carbocycles. The first-order valence-electron chi connectivity index (χ1n) is 1.77. The van der Waals surface area contributed by atoms with E-state index in [-0.39, 0.29) is 0 Å². The highest BCUT2D eigenvalue weighted by Gasteiger charge is 2.30. The predicted octanol–water partition coefficient (Wildman–Crippen LogP) is 1.33. The number of hydrogen-bond acceptors (Lipinski definition) is 1. The largest absolute Gasteiger partial charge is 0.422 e. The quantitative estimate of drug-likeness (QED) is 0.445. The summed E-state index contributed by atoms with van der Waals surface area (Å²) in [6.45, 7) is 0.674. The molecule has 0 saturated carbocycles. The van der Waals surface area contributed by atoms with Gasteiger partial charge in [0.1, 0.15) is 11.5 Å². The van der Waals surface area contributed by atoms with Gasteiger partial charge >= 0.3 is 6.18 Å². The van der Waals surface area contributed by atoms with Crippen molar-refractivity contribution in [2.75, 3.05) is 0 Å². The van der Waals surface area contributed by atoms with E-state index in [4.69, 9.17) is 0 Å². The van der Waals surface area contributed by atoms with Crippen LogP contribution in [0.5, 0.6) is 0 Å². The molecule has 0 rings (SSSR count). The highest BCUT2D eigenvalue weighted by atomic mass is 19.4. The summed E-state index contributed by atoms with van der Waals surface area (Å²) in [7, 11) is 0. The standard InChI is InChI=1S/C4H3F3O/c1-3(2-8)4(5,6)7/h1H3. The zero-order valence-corrected chi connectivity index (χ0v) is 4.04. The minimum Gasteiger partial charge on any atom is -0.233 e. The lowest BCUT2D eigenvalue weighted by Gasteiger charge is -1.98. The molecular weight excluding hydrogens is 121 g/mol. The van der Waals surface area contributed by atoms with Crippen LogP contribution in [0.15, 0.2) is 5.57 Å². The minimum absolute atomic E-state index is 0.674. The van der Waals surface area contributed by atoms with Gasteiger partial charge in [-0.05, 0) is 6.92 Å². The van der Waals surface area contributed by atoms with Crippen LogP contribution < -0.4 is 0 Å². The lowest BCUT2D eigenvalue weighted by atomic mass is 10.3. The Hall–Kier alpha value is -0.760. The van der Waals surface area contributed by atoms with Crippen LogP contribution in [-0.4, -0.2) is 12.1 Å². The fraction of sp³-hybridized carbons (Fsp3) is 0.500. The van der Waals surface area contributed by atoms with E-state index in [9.17, 15) is 18.0 Å². The Balaban J connectivity index is 4.26. The molecule has 0 aliphatic carbocycles. The Kier molecular flexibility index (Phi) is 1.82. The highest BCUT2D eigenvalue weighted by Crippen LogP contribution is 2.21. The Labute approximate surface area is 43.8 Å². The first-order valence-corrected chi connectivity index (χ1v) is 1.77. The molecule has 46 valence electrons. The molecule has 0 radical (unpaired) electrons. The van der Waals surface area contributed by atoms with Crippen molar-refractivity contribution >= 4 is 5.94 Å². The Morgan fingerprint density at radius 1 is 1.50 bits per heavy atom. The van der Waals surface area contributed by atoms with Crippen molar-refractivity contribution in [2.45, 2.75) is 13.1 Å². The van der Waals surface area contributed by atoms with Gasteiger partial charge in [0.05, 0.1) is 0 Å². The Morgan fingerprint density at radius 2 is 1.88 bits per heavy atom. The van der Waals surface area contributed by atoms with Crippen molar-refractivity contribution in [3.05, 3.63) is 5.57 Å². The summed E-state index contributed by atoms with van der Waals surface area (Å²) in [4.78, 5) is 9.27. The molecule has 0 N–H and O–H groups in total. The highest BCUT2D eigenvalue weighted by molar-refractivity contribution is 5.53. The van der Waals surface area contributed by atoms with Crippen molar-refractivity contribution in [1.82, 2.24) is 0 Å². The van der Waals surface area contributed by atoms with Crippen molar-refractivity contribution in [1.29, 1.82) is 0 Å². The molecule has 0 aromatic heterocycles. The average molecular weight is 124 g/mol. The number of carbonyl (C=O) groups excluding carboxylic acids is 1. The second kappa shape index (κ2) is 2.01. The lowest BCUT2D eigenvalue weighted by molar-refractivity contribution is -0.0899. The summed E-state index contributed by atoms with van der Waals surface area (Å²) in [5, 5.41) is 0. The summed E-state index contributed by atoms with van der Waals surface area (Å²) < 4.78 is 33.4. The molecule has 0 aromatic rings. The smallest absolute Gasteiger partial charge is 0.233 e. The van der Waals surface area contributed by atoms with Crippen LogP contribution in [0.2, 0.25) is 0 Å². The summed E-state index contributed by atoms with van der Waals surface area (Å²) in [6, 6.07) is 0. The third-order valence-corrected chi connectivity index (χ3v) is 0.578. The third-order valence-electron chi connectivity index (χ3n) is 0.578. The van der Waals surface area contributed by atoms with Crippen LogP contribution in [0.25, 0.3) is 0 Å². The molecule has 0 fully saturated rings. The maximum Gasteiger partial charge on any atom is 0.422 e. The van der Waals surface area contributed by atoms with E-state index in [0.717, 1.165) is 5.94 Å². The Morgan fingerprint density at radius 3 is 1.88 bits per heavy atom. The molecule has 4 heteroatoms. The van der Waals surface area contributed by atoms with E-state index in [1.54, 1.807) is 0 Å². The van der Waals surface area contributed by atoms with Gasteiger partial charge in [-0.2, -0.15) is 13.2 Å². The van der Waals surface area contributed by atoms with E-state index in [1.807, 2.05) is 0 Å². The van der Waals surface area contributed by atoms with E-state index >= 15 is 0 Å². The molecule has 0 unspecified atom stereocenters. The van der Waals surface area contributed by atoms with E-state index in [0.29, 0.717) is 6.92 Å².